The summed E-state index contributed by atoms with van der Waals surface area (Å²) in [5.41, 5.74) is 5.72. The predicted molar refractivity (Wildman–Crippen MR) is 160 cm³/mol. The number of rotatable bonds is 9. The van der Waals surface area contributed by atoms with E-state index < -0.39 is 9.84 Å². The summed E-state index contributed by atoms with van der Waals surface area (Å²) in [5.74, 6) is 1.07. The van der Waals surface area contributed by atoms with Crippen LogP contribution >= 0.6 is 0 Å². The number of carbonyl (C=O) groups excluding carboxylic acids is 1. The van der Waals surface area contributed by atoms with Gasteiger partial charge in [-0.15, -0.1) is 0 Å². The first-order valence-corrected chi connectivity index (χ1v) is 16.7. The molecule has 1 unspecified atom stereocenters. The van der Waals surface area contributed by atoms with Gasteiger partial charge < -0.3 is 10.1 Å². The van der Waals surface area contributed by atoms with Gasteiger partial charge in [-0.1, -0.05) is 6.07 Å². The van der Waals surface area contributed by atoms with Crippen LogP contribution in [0, 0.1) is 19.8 Å². The quantitative estimate of drug-likeness (QED) is 0.268. The molecule has 1 aromatic carbocycles. The molecule has 3 fully saturated rings. The number of anilines is 2. The number of ether oxygens (including phenoxy) is 1. The number of imidazole rings is 1. The molecule has 1 atom stereocenters. The maximum atomic E-state index is 13.1. The van der Waals surface area contributed by atoms with Gasteiger partial charge in [-0.2, -0.15) is 5.10 Å². The van der Waals surface area contributed by atoms with Crippen LogP contribution in [-0.2, 0) is 25.8 Å². The zero-order chi connectivity index (χ0) is 29.2. The Balaban J connectivity index is 1.32. The monoisotopic (exact) mass is 588 g/mol. The molecule has 7 rings (SSSR count). The SMILES string of the molecule is Cc1c(-c2ccc(Nc3cc(CC(=O)C4CC4)nc4c3nc(C)n4C3CCCCO3)c(S(C)(=O)=O)c2)cnn1C1CC1. The van der Waals surface area contributed by atoms with E-state index in [9.17, 15) is 13.2 Å². The number of hydrogen-bond acceptors (Lipinski definition) is 8. The summed E-state index contributed by atoms with van der Waals surface area (Å²) in [7, 11) is -3.60. The van der Waals surface area contributed by atoms with Gasteiger partial charge >= 0.3 is 0 Å². The van der Waals surface area contributed by atoms with Crippen molar-refractivity contribution >= 4 is 38.2 Å². The van der Waals surface area contributed by atoms with Crippen LogP contribution in [0.5, 0.6) is 0 Å². The molecule has 4 heterocycles. The summed E-state index contributed by atoms with van der Waals surface area (Å²) in [4.78, 5) is 22.8. The largest absolute Gasteiger partial charge is 0.358 e. The fraction of sp³-hybridized carbons (Fsp3) is 0.484. The van der Waals surface area contributed by atoms with Gasteiger partial charge in [-0.25, -0.2) is 18.4 Å². The van der Waals surface area contributed by atoms with Crippen molar-refractivity contribution in [1.29, 1.82) is 0 Å². The van der Waals surface area contributed by atoms with E-state index >= 15 is 0 Å². The number of nitrogens with one attached hydrogen (secondary N) is 1. The first-order valence-electron chi connectivity index (χ1n) is 14.9. The number of hydrogen-bond donors (Lipinski definition) is 1. The molecule has 3 aromatic heterocycles. The molecule has 1 aliphatic heterocycles. The summed E-state index contributed by atoms with van der Waals surface area (Å²) in [6.07, 6.45) is 10.1. The number of ketones is 1. The summed E-state index contributed by atoms with van der Waals surface area (Å²) < 4.78 is 36.4. The summed E-state index contributed by atoms with van der Waals surface area (Å²) >= 11 is 0. The van der Waals surface area contributed by atoms with Crippen molar-refractivity contribution in [2.75, 3.05) is 18.2 Å². The third-order valence-corrected chi connectivity index (χ3v) is 9.75. The van der Waals surface area contributed by atoms with Crippen LogP contribution in [0.3, 0.4) is 0 Å². The zero-order valence-corrected chi connectivity index (χ0v) is 25.1. The molecule has 1 N–H and O–H groups in total. The van der Waals surface area contributed by atoms with Gasteiger partial charge in [-0.3, -0.25) is 14.0 Å². The Morgan fingerprint density at radius 1 is 1.05 bits per heavy atom. The van der Waals surface area contributed by atoms with Gasteiger partial charge in [-0.05, 0) is 82.6 Å². The maximum Gasteiger partial charge on any atom is 0.177 e. The number of benzene rings is 1. The Hall–Kier alpha value is -3.57. The van der Waals surface area contributed by atoms with Crippen molar-refractivity contribution in [2.24, 2.45) is 5.92 Å². The van der Waals surface area contributed by atoms with Gasteiger partial charge in [0.15, 0.2) is 15.5 Å². The number of pyridine rings is 1. The van der Waals surface area contributed by atoms with Crippen LogP contribution in [-0.4, -0.2) is 51.4 Å². The van der Waals surface area contributed by atoms with Crippen LogP contribution in [0.2, 0.25) is 0 Å². The average Bonchev–Trinajstić information content (AvgIpc) is 3.89. The lowest BCUT2D eigenvalue weighted by atomic mass is 10.1. The van der Waals surface area contributed by atoms with E-state index in [0.717, 1.165) is 67.6 Å². The molecule has 0 radical (unpaired) electrons. The molecule has 0 amide bonds. The highest BCUT2D eigenvalue weighted by Crippen LogP contribution is 2.39. The molecule has 0 spiro atoms. The molecule has 3 aliphatic rings. The molecule has 2 saturated carbocycles. The van der Waals surface area contributed by atoms with E-state index in [1.54, 1.807) is 12.1 Å². The molecule has 4 aromatic rings. The standard InChI is InChI=1S/C31H36N6O4S/c1-18-24(17-32-37(18)23-10-11-23)21-9-12-25(28(14-21)42(3,39)40)35-26-15-22(16-27(38)20-7-8-20)34-31-30(26)33-19(2)36(31)29-6-4-5-13-41-29/h9,12,14-15,17,20,23,29H,4-8,10-11,13,16H2,1-3H3,(H,34,35). The molecule has 10 nitrogen and oxygen atoms in total. The fourth-order valence-electron chi connectivity index (χ4n) is 6.05. The second kappa shape index (κ2) is 10.3. The minimum absolute atomic E-state index is 0.115. The zero-order valence-electron chi connectivity index (χ0n) is 24.3. The first kappa shape index (κ1) is 27.3. The summed E-state index contributed by atoms with van der Waals surface area (Å²) in [6, 6.07) is 7.72. The Kier molecular flexibility index (Phi) is 6.69. The normalized spacial score (nSPS) is 19.4. The average molecular weight is 589 g/mol. The van der Waals surface area contributed by atoms with Crippen molar-refractivity contribution < 1.29 is 17.9 Å². The Labute approximate surface area is 245 Å². The maximum absolute atomic E-state index is 13.1. The first-order chi connectivity index (χ1) is 20.2. The van der Waals surface area contributed by atoms with Crippen LogP contribution in [0.4, 0.5) is 11.4 Å². The van der Waals surface area contributed by atoms with Crippen molar-refractivity contribution in [3.8, 4) is 11.1 Å². The smallest absolute Gasteiger partial charge is 0.177 e. The van der Waals surface area contributed by atoms with Gasteiger partial charge in [0, 0.05) is 36.5 Å². The number of aromatic nitrogens is 5. The molecule has 220 valence electrons. The van der Waals surface area contributed by atoms with Crippen LogP contribution < -0.4 is 5.32 Å². The highest BCUT2D eigenvalue weighted by atomic mass is 32.2. The third-order valence-electron chi connectivity index (χ3n) is 8.61. The molecule has 1 saturated heterocycles. The van der Waals surface area contributed by atoms with Gasteiger partial charge in [0.25, 0.3) is 0 Å². The van der Waals surface area contributed by atoms with Crippen LogP contribution in [0.15, 0.2) is 35.4 Å². The Bertz CT molecular complexity index is 1810. The van der Waals surface area contributed by atoms with E-state index in [1.165, 1.54) is 6.26 Å². The summed E-state index contributed by atoms with van der Waals surface area (Å²) in [6.45, 7) is 4.64. The molecule has 42 heavy (non-hydrogen) atoms. The molecule has 0 bridgehead atoms. The van der Waals surface area contributed by atoms with E-state index in [0.29, 0.717) is 40.9 Å². The third kappa shape index (κ3) is 5.13. The van der Waals surface area contributed by atoms with Crippen molar-refractivity contribution in [2.45, 2.75) is 82.4 Å². The lowest BCUT2D eigenvalue weighted by Crippen LogP contribution is -2.19. The van der Waals surface area contributed by atoms with Gasteiger partial charge in [0.2, 0.25) is 0 Å². The van der Waals surface area contributed by atoms with Gasteiger partial charge in [0.1, 0.15) is 23.4 Å². The Morgan fingerprint density at radius 3 is 2.55 bits per heavy atom. The highest BCUT2D eigenvalue weighted by molar-refractivity contribution is 7.90. The van der Waals surface area contributed by atoms with Crippen molar-refractivity contribution in [1.82, 2.24) is 24.3 Å². The lowest BCUT2D eigenvalue weighted by molar-refractivity contribution is -0.119. The van der Waals surface area contributed by atoms with Crippen LogP contribution in [0.25, 0.3) is 22.3 Å². The predicted octanol–water partition coefficient (Wildman–Crippen LogP) is 5.61. The fourth-order valence-corrected chi connectivity index (χ4v) is 6.91. The van der Waals surface area contributed by atoms with E-state index in [1.807, 2.05) is 41.4 Å². The van der Waals surface area contributed by atoms with E-state index in [4.69, 9.17) is 14.7 Å². The highest BCUT2D eigenvalue weighted by Gasteiger charge is 2.31. The molecular weight excluding hydrogens is 552 g/mol. The van der Waals surface area contributed by atoms with Gasteiger partial charge in [0.05, 0.1) is 34.2 Å². The van der Waals surface area contributed by atoms with Crippen LogP contribution in [0.1, 0.15) is 74.4 Å². The number of carbonyl (C=O) groups is 1. The number of aryl methyl sites for hydroxylation is 1. The van der Waals surface area contributed by atoms with Crippen molar-refractivity contribution in [3.05, 3.63) is 47.7 Å². The van der Waals surface area contributed by atoms with E-state index in [2.05, 4.69) is 10.4 Å². The minimum Gasteiger partial charge on any atom is -0.358 e. The number of sulfone groups is 1. The Morgan fingerprint density at radius 2 is 1.86 bits per heavy atom. The molecular formula is C31H36N6O4S. The molecule has 2 aliphatic carbocycles. The number of Topliss-reactive ketones (excluding diaryl/α,β-unsaturated/α-hetero) is 1. The van der Waals surface area contributed by atoms with Crippen molar-refractivity contribution in [3.63, 3.8) is 0 Å². The summed E-state index contributed by atoms with van der Waals surface area (Å²) in [5, 5.41) is 7.95. The number of nitrogens with zero attached hydrogens (tertiary/aromatic N) is 5. The van der Waals surface area contributed by atoms with E-state index in [-0.39, 0.29) is 29.2 Å². The minimum atomic E-state index is -3.60. The second-order valence-corrected chi connectivity index (χ2v) is 14.0. The number of fused-ring (bicyclic) bond motifs is 1. The topological polar surface area (TPSA) is 121 Å². The second-order valence-electron chi connectivity index (χ2n) is 12.0. The lowest BCUT2D eigenvalue weighted by Gasteiger charge is -2.25. The molecule has 11 heteroatoms.